The lowest BCUT2D eigenvalue weighted by atomic mass is 9.82. The molecule has 0 saturated heterocycles. The Kier molecular flexibility index (Phi) is 5.36. The molecule has 2 aliphatic carbocycles. The molecular formula is C24H27N3O4. The van der Waals surface area contributed by atoms with Crippen LogP contribution in [-0.4, -0.2) is 45.2 Å². The number of pyridine rings is 1. The number of fused-ring (bicyclic) bond motifs is 1. The summed E-state index contributed by atoms with van der Waals surface area (Å²) in [5.41, 5.74) is 2.36. The summed E-state index contributed by atoms with van der Waals surface area (Å²) in [6, 6.07) is 11.3. The molecule has 2 aliphatic rings. The summed E-state index contributed by atoms with van der Waals surface area (Å²) in [4.78, 5) is 16.4. The third kappa shape index (κ3) is 3.78. The Hall–Kier alpha value is -2.93. The van der Waals surface area contributed by atoms with E-state index in [1.807, 2.05) is 30.3 Å². The number of benzene rings is 1. The van der Waals surface area contributed by atoms with Crippen LogP contribution in [0, 0.1) is 0 Å². The highest BCUT2D eigenvalue weighted by molar-refractivity contribution is 5.94. The maximum atomic E-state index is 11.9. The molecule has 2 saturated carbocycles. The molecule has 2 aromatic heterocycles. The van der Waals surface area contributed by atoms with Crippen LogP contribution in [0.3, 0.4) is 0 Å². The van der Waals surface area contributed by atoms with Gasteiger partial charge in [0.1, 0.15) is 5.75 Å². The fourth-order valence-corrected chi connectivity index (χ4v) is 4.59. The zero-order chi connectivity index (χ0) is 21.4. The maximum absolute atomic E-state index is 11.9. The van der Waals surface area contributed by atoms with Gasteiger partial charge in [0, 0.05) is 19.1 Å². The predicted octanol–water partition coefficient (Wildman–Crippen LogP) is 4.72. The van der Waals surface area contributed by atoms with Crippen molar-refractivity contribution in [3.05, 3.63) is 47.8 Å². The molecule has 3 aromatic rings. The number of carbonyl (C=O) groups is 1. The van der Waals surface area contributed by atoms with Gasteiger partial charge in [-0.05, 0) is 50.7 Å². The summed E-state index contributed by atoms with van der Waals surface area (Å²) in [7, 11) is 1.75. The monoisotopic (exact) mass is 421 g/mol. The zero-order valence-corrected chi connectivity index (χ0v) is 17.7. The van der Waals surface area contributed by atoms with Crippen LogP contribution in [0.4, 0.5) is 0 Å². The Morgan fingerprint density at radius 3 is 2.39 bits per heavy atom. The second kappa shape index (κ2) is 8.30. The van der Waals surface area contributed by atoms with E-state index in [1.165, 1.54) is 6.42 Å². The van der Waals surface area contributed by atoms with Gasteiger partial charge in [0.15, 0.2) is 11.3 Å². The number of carboxylic acids is 1. The van der Waals surface area contributed by atoms with Gasteiger partial charge in [-0.25, -0.2) is 14.5 Å². The molecule has 0 aliphatic heterocycles. The molecule has 0 unspecified atom stereocenters. The quantitative estimate of drug-likeness (QED) is 0.620. The minimum atomic E-state index is -1.07. The average molecular weight is 421 g/mol. The number of ether oxygens (including phenoxy) is 2. The number of hydrogen-bond donors (Lipinski definition) is 1. The molecule has 1 N–H and O–H groups in total. The second-order valence-electron chi connectivity index (χ2n) is 8.52. The number of aromatic nitrogens is 3. The molecule has 7 nitrogen and oxygen atoms in total. The van der Waals surface area contributed by atoms with E-state index in [2.05, 4.69) is 4.98 Å². The molecule has 0 bridgehead atoms. The smallest absolute Gasteiger partial charge is 0.354 e. The number of carboxylic acid groups (broad SMARTS) is 1. The Morgan fingerprint density at radius 1 is 1.06 bits per heavy atom. The molecule has 0 amide bonds. The van der Waals surface area contributed by atoms with Crippen molar-refractivity contribution in [3.63, 3.8) is 0 Å². The minimum Gasteiger partial charge on any atom is -0.490 e. The summed E-state index contributed by atoms with van der Waals surface area (Å²) < 4.78 is 13.7. The minimum absolute atomic E-state index is 0.0229. The number of rotatable bonds is 6. The van der Waals surface area contributed by atoms with Crippen molar-refractivity contribution in [3.8, 4) is 11.4 Å². The number of hydrogen-bond acceptors (Lipinski definition) is 5. The highest BCUT2D eigenvalue weighted by atomic mass is 16.5. The van der Waals surface area contributed by atoms with Crippen molar-refractivity contribution >= 4 is 17.0 Å². The molecular weight excluding hydrogens is 394 g/mol. The molecule has 31 heavy (non-hydrogen) atoms. The van der Waals surface area contributed by atoms with Gasteiger partial charge in [-0.2, -0.15) is 5.10 Å². The summed E-state index contributed by atoms with van der Waals surface area (Å²) in [5, 5.41) is 15.5. The standard InChI is InChI=1S/C24H27N3O4/c1-30-17-10-12-18(13-11-17)31-20-14-19(24(28)29)25-23-21(20)22(15-6-5-7-15)26-27(23)16-8-3-2-4-9-16/h2-4,8-9,14-15,17-18H,5-7,10-13H2,1H3,(H,28,29)/t17-,18+. The van der Waals surface area contributed by atoms with Crippen molar-refractivity contribution in [1.29, 1.82) is 0 Å². The van der Waals surface area contributed by atoms with E-state index in [4.69, 9.17) is 14.6 Å². The van der Waals surface area contributed by atoms with Crippen LogP contribution in [-0.2, 0) is 4.74 Å². The Labute approximate surface area is 181 Å². The first-order valence-corrected chi connectivity index (χ1v) is 11.1. The number of aromatic carboxylic acids is 1. The Morgan fingerprint density at radius 2 is 1.77 bits per heavy atom. The van der Waals surface area contributed by atoms with Crippen molar-refractivity contribution < 1.29 is 19.4 Å². The molecule has 7 heteroatoms. The average Bonchev–Trinajstić information content (AvgIpc) is 3.13. The van der Waals surface area contributed by atoms with E-state index in [0.717, 1.165) is 55.3 Å². The first-order chi connectivity index (χ1) is 15.1. The lowest BCUT2D eigenvalue weighted by Gasteiger charge is -2.29. The van der Waals surface area contributed by atoms with Gasteiger partial charge >= 0.3 is 5.97 Å². The fraction of sp³-hybridized carbons (Fsp3) is 0.458. The van der Waals surface area contributed by atoms with E-state index in [1.54, 1.807) is 17.9 Å². The van der Waals surface area contributed by atoms with E-state index >= 15 is 0 Å². The lowest BCUT2D eigenvalue weighted by Crippen LogP contribution is -2.28. The first-order valence-electron chi connectivity index (χ1n) is 11.1. The lowest BCUT2D eigenvalue weighted by molar-refractivity contribution is 0.0331. The largest absolute Gasteiger partial charge is 0.490 e. The normalized spacial score (nSPS) is 21.7. The van der Waals surface area contributed by atoms with E-state index in [0.29, 0.717) is 17.3 Å². The molecule has 0 atom stereocenters. The van der Waals surface area contributed by atoms with Crippen LogP contribution in [0.25, 0.3) is 16.7 Å². The van der Waals surface area contributed by atoms with E-state index in [9.17, 15) is 9.90 Å². The van der Waals surface area contributed by atoms with Gasteiger partial charge < -0.3 is 14.6 Å². The third-order valence-electron chi connectivity index (χ3n) is 6.59. The van der Waals surface area contributed by atoms with Crippen molar-refractivity contribution in [2.24, 2.45) is 0 Å². The summed E-state index contributed by atoms with van der Waals surface area (Å²) in [6.45, 7) is 0. The molecule has 2 fully saturated rings. The SMILES string of the molecule is CO[C@H]1CC[C@@H](Oc2cc(C(=O)O)nc3c2c(C2CCC2)nn3-c2ccccc2)CC1. The van der Waals surface area contributed by atoms with Gasteiger partial charge in [-0.1, -0.05) is 24.6 Å². The Bertz CT molecular complexity index is 1080. The highest BCUT2D eigenvalue weighted by Gasteiger charge is 2.31. The van der Waals surface area contributed by atoms with E-state index < -0.39 is 5.97 Å². The number of para-hydroxylation sites is 1. The Balaban J connectivity index is 1.63. The topological polar surface area (TPSA) is 86.5 Å². The van der Waals surface area contributed by atoms with Gasteiger partial charge in [-0.15, -0.1) is 0 Å². The van der Waals surface area contributed by atoms with Crippen LogP contribution in [0.2, 0.25) is 0 Å². The molecule has 1 aromatic carbocycles. The van der Waals surface area contributed by atoms with E-state index in [-0.39, 0.29) is 17.9 Å². The first kappa shape index (κ1) is 20.0. The maximum Gasteiger partial charge on any atom is 0.354 e. The van der Waals surface area contributed by atoms with Crippen LogP contribution in [0.1, 0.15) is 67.0 Å². The molecule has 2 heterocycles. The van der Waals surface area contributed by atoms with Crippen molar-refractivity contribution in [2.75, 3.05) is 7.11 Å². The second-order valence-corrected chi connectivity index (χ2v) is 8.52. The summed E-state index contributed by atoms with van der Waals surface area (Å²) in [5.74, 6) is -0.121. The van der Waals surface area contributed by atoms with Crippen molar-refractivity contribution in [2.45, 2.75) is 63.1 Å². The summed E-state index contributed by atoms with van der Waals surface area (Å²) in [6.07, 6.45) is 7.32. The van der Waals surface area contributed by atoms with Crippen LogP contribution >= 0.6 is 0 Å². The van der Waals surface area contributed by atoms with Crippen LogP contribution in [0.5, 0.6) is 5.75 Å². The van der Waals surface area contributed by atoms with Gasteiger partial charge in [-0.3, -0.25) is 0 Å². The molecule has 0 radical (unpaired) electrons. The van der Waals surface area contributed by atoms with Crippen LogP contribution in [0.15, 0.2) is 36.4 Å². The van der Waals surface area contributed by atoms with Gasteiger partial charge in [0.2, 0.25) is 0 Å². The molecule has 162 valence electrons. The third-order valence-corrected chi connectivity index (χ3v) is 6.59. The number of methoxy groups -OCH3 is 1. The summed E-state index contributed by atoms with van der Waals surface area (Å²) >= 11 is 0. The number of nitrogens with zero attached hydrogens (tertiary/aromatic N) is 3. The highest BCUT2D eigenvalue weighted by Crippen LogP contribution is 2.43. The van der Waals surface area contributed by atoms with Crippen LogP contribution < -0.4 is 4.74 Å². The fourth-order valence-electron chi connectivity index (χ4n) is 4.59. The predicted molar refractivity (Wildman–Crippen MR) is 116 cm³/mol. The molecule has 5 rings (SSSR count). The zero-order valence-electron chi connectivity index (χ0n) is 17.7. The van der Waals surface area contributed by atoms with Gasteiger partial charge in [0.25, 0.3) is 0 Å². The van der Waals surface area contributed by atoms with Gasteiger partial charge in [0.05, 0.1) is 29.0 Å². The van der Waals surface area contributed by atoms with Crippen molar-refractivity contribution in [1.82, 2.24) is 14.8 Å². The molecule has 0 spiro atoms.